The molecule has 1 aromatic carbocycles. The number of nitrogens with one attached hydrogen (secondary N) is 2. The fraction of sp³-hybridized carbons (Fsp3) is 0.250. The molecule has 0 aliphatic carbocycles. The molecular formula is C12H14ClN3O5. The van der Waals surface area contributed by atoms with E-state index in [1.165, 1.54) is 19.2 Å². The minimum Gasteiger partial charge on any atom is -0.496 e. The molecule has 9 heteroatoms. The predicted octanol–water partition coefficient (Wildman–Crippen LogP) is 1.04. The van der Waals surface area contributed by atoms with E-state index in [0.29, 0.717) is 0 Å². The third kappa shape index (κ3) is 4.84. The average molecular weight is 316 g/mol. The first-order chi connectivity index (χ1) is 9.85. The van der Waals surface area contributed by atoms with Crippen LogP contribution in [0.1, 0.15) is 16.8 Å². The molecular weight excluding hydrogens is 302 g/mol. The molecule has 8 nitrogen and oxygen atoms in total. The van der Waals surface area contributed by atoms with Gasteiger partial charge in [0, 0.05) is 19.0 Å². The van der Waals surface area contributed by atoms with Crippen LogP contribution in [-0.2, 0) is 4.79 Å². The summed E-state index contributed by atoms with van der Waals surface area (Å²) < 4.78 is 4.92. The number of aromatic carboxylic acids is 1. The number of halogens is 1. The number of nitrogens with two attached hydrogens (primary N) is 1. The topological polar surface area (TPSA) is 131 Å². The van der Waals surface area contributed by atoms with E-state index in [1.807, 2.05) is 0 Å². The predicted molar refractivity (Wildman–Crippen MR) is 75.8 cm³/mol. The fourth-order valence-corrected chi connectivity index (χ4v) is 1.66. The van der Waals surface area contributed by atoms with Crippen molar-refractivity contribution in [3.05, 3.63) is 22.7 Å². The van der Waals surface area contributed by atoms with Gasteiger partial charge in [0.25, 0.3) is 0 Å². The van der Waals surface area contributed by atoms with Crippen molar-refractivity contribution in [2.45, 2.75) is 6.42 Å². The molecule has 0 spiro atoms. The van der Waals surface area contributed by atoms with E-state index in [1.54, 1.807) is 0 Å². The lowest BCUT2D eigenvalue weighted by atomic mass is 10.2. The van der Waals surface area contributed by atoms with Gasteiger partial charge in [-0.15, -0.1) is 0 Å². The number of carbonyl (C=O) groups is 3. The molecule has 0 heterocycles. The molecule has 0 aliphatic rings. The summed E-state index contributed by atoms with van der Waals surface area (Å²) in [5.41, 5.74) is 4.99. The molecule has 114 valence electrons. The Balaban J connectivity index is 2.81. The van der Waals surface area contributed by atoms with Crippen LogP contribution in [0.3, 0.4) is 0 Å². The van der Waals surface area contributed by atoms with Crippen molar-refractivity contribution >= 4 is 35.2 Å². The number of ether oxygens (including phenoxy) is 1. The number of carboxylic acid groups (broad SMARTS) is 1. The van der Waals surface area contributed by atoms with Crippen LogP contribution in [0.25, 0.3) is 0 Å². The van der Waals surface area contributed by atoms with E-state index in [-0.39, 0.29) is 35.0 Å². The number of benzene rings is 1. The Hall–Kier alpha value is -2.48. The lowest BCUT2D eigenvalue weighted by Crippen LogP contribution is -2.31. The monoisotopic (exact) mass is 315 g/mol. The van der Waals surface area contributed by atoms with Crippen molar-refractivity contribution in [1.82, 2.24) is 5.32 Å². The molecule has 0 unspecified atom stereocenters. The number of anilines is 1. The number of rotatable bonds is 6. The van der Waals surface area contributed by atoms with Crippen LogP contribution in [-0.4, -0.2) is 36.7 Å². The number of amides is 3. The van der Waals surface area contributed by atoms with Crippen LogP contribution in [0, 0.1) is 0 Å². The van der Waals surface area contributed by atoms with Crippen molar-refractivity contribution in [1.29, 1.82) is 0 Å². The molecule has 0 radical (unpaired) electrons. The molecule has 0 bridgehead atoms. The summed E-state index contributed by atoms with van der Waals surface area (Å²) in [5.74, 6) is -1.69. The van der Waals surface area contributed by atoms with Gasteiger partial charge < -0.3 is 26.2 Å². The Morgan fingerprint density at radius 1 is 1.38 bits per heavy atom. The molecule has 1 aromatic rings. The molecule has 0 aromatic heterocycles. The Morgan fingerprint density at radius 2 is 2.05 bits per heavy atom. The highest BCUT2D eigenvalue weighted by Crippen LogP contribution is 2.30. The van der Waals surface area contributed by atoms with Gasteiger partial charge in [-0.25, -0.2) is 9.59 Å². The summed E-state index contributed by atoms with van der Waals surface area (Å²) >= 11 is 5.90. The van der Waals surface area contributed by atoms with Crippen molar-refractivity contribution < 1.29 is 24.2 Å². The first-order valence-corrected chi connectivity index (χ1v) is 6.17. The maximum Gasteiger partial charge on any atom is 0.339 e. The minimum atomic E-state index is -1.20. The second kappa shape index (κ2) is 7.34. The summed E-state index contributed by atoms with van der Waals surface area (Å²) in [6.45, 7) is 0.0725. The molecule has 0 fully saturated rings. The summed E-state index contributed by atoms with van der Waals surface area (Å²) in [4.78, 5) is 33.1. The Bertz CT molecular complexity index is 576. The summed E-state index contributed by atoms with van der Waals surface area (Å²) in [5, 5.41) is 13.8. The van der Waals surface area contributed by atoms with Crippen LogP contribution in [0.5, 0.6) is 5.75 Å². The first-order valence-electron chi connectivity index (χ1n) is 5.79. The molecule has 5 N–H and O–H groups in total. The lowest BCUT2D eigenvalue weighted by molar-refractivity contribution is -0.117. The normalized spacial score (nSPS) is 9.81. The third-order valence-electron chi connectivity index (χ3n) is 2.42. The summed E-state index contributed by atoms with van der Waals surface area (Å²) in [6, 6.07) is 1.85. The molecule has 3 amide bonds. The number of urea groups is 1. The van der Waals surface area contributed by atoms with Crippen LogP contribution >= 0.6 is 11.6 Å². The van der Waals surface area contributed by atoms with Crippen molar-refractivity contribution in [2.24, 2.45) is 5.73 Å². The van der Waals surface area contributed by atoms with E-state index in [9.17, 15) is 14.4 Å². The van der Waals surface area contributed by atoms with E-state index in [0.717, 1.165) is 0 Å². The standard InChI is InChI=1S/C12H14ClN3O5/c1-21-9-5-8(7(13)4-6(9)11(18)19)16-12(20)15-3-2-10(14)17/h4-5H,2-3H2,1H3,(H2,14,17)(H,18,19)(H2,15,16,20). The second-order valence-corrected chi connectivity index (χ2v) is 4.34. The van der Waals surface area contributed by atoms with Gasteiger partial charge in [0.1, 0.15) is 11.3 Å². The van der Waals surface area contributed by atoms with Gasteiger partial charge in [-0.05, 0) is 6.07 Å². The zero-order valence-corrected chi connectivity index (χ0v) is 11.9. The molecule has 0 saturated carbocycles. The molecule has 0 saturated heterocycles. The molecule has 21 heavy (non-hydrogen) atoms. The van der Waals surface area contributed by atoms with Gasteiger partial charge in [0.15, 0.2) is 0 Å². The van der Waals surface area contributed by atoms with Crippen LogP contribution in [0.2, 0.25) is 5.02 Å². The highest BCUT2D eigenvalue weighted by Gasteiger charge is 2.16. The van der Waals surface area contributed by atoms with Crippen molar-refractivity contribution in [3.8, 4) is 5.75 Å². The van der Waals surface area contributed by atoms with Crippen LogP contribution in [0.15, 0.2) is 12.1 Å². The highest BCUT2D eigenvalue weighted by atomic mass is 35.5. The van der Waals surface area contributed by atoms with E-state index in [4.69, 9.17) is 27.2 Å². The quantitative estimate of drug-likeness (QED) is 0.623. The van der Waals surface area contributed by atoms with Gasteiger partial charge in [-0.2, -0.15) is 0 Å². The number of carboxylic acids is 1. The number of primary amides is 1. The number of hydrogen-bond donors (Lipinski definition) is 4. The number of carbonyl (C=O) groups excluding carboxylic acids is 2. The smallest absolute Gasteiger partial charge is 0.339 e. The molecule has 0 atom stereocenters. The minimum absolute atomic E-state index is 0.00241. The SMILES string of the molecule is COc1cc(NC(=O)NCCC(N)=O)c(Cl)cc1C(=O)O. The third-order valence-corrected chi connectivity index (χ3v) is 2.74. The highest BCUT2D eigenvalue weighted by molar-refractivity contribution is 6.34. The van der Waals surface area contributed by atoms with E-state index in [2.05, 4.69) is 10.6 Å². The van der Waals surface area contributed by atoms with Crippen molar-refractivity contribution in [2.75, 3.05) is 19.0 Å². The second-order valence-electron chi connectivity index (χ2n) is 3.93. The lowest BCUT2D eigenvalue weighted by Gasteiger charge is -2.12. The van der Waals surface area contributed by atoms with E-state index >= 15 is 0 Å². The van der Waals surface area contributed by atoms with Crippen LogP contribution < -0.4 is 21.1 Å². The maximum absolute atomic E-state index is 11.6. The van der Waals surface area contributed by atoms with Crippen LogP contribution in [0.4, 0.5) is 10.5 Å². The van der Waals surface area contributed by atoms with Gasteiger partial charge in [-0.1, -0.05) is 11.6 Å². The number of methoxy groups -OCH3 is 1. The fourth-order valence-electron chi connectivity index (χ4n) is 1.45. The van der Waals surface area contributed by atoms with Gasteiger partial charge in [0.2, 0.25) is 5.91 Å². The van der Waals surface area contributed by atoms with Gasteiger partial charge >= 0.3 is 12.0 Å². The largest absolute Gasteiger partial charge is 0.496 e. The zero-order chi connectivity index (χ0) is 16.0. The summed E-state index contributed by atoms with van der Waals surface area (Å²) in [6.07, 6.45) is 0.00241. The zero-order valence-electron chi connectivity index (χ0n) is 11.1. The van der Waals surface area contributed by atoms with Gasteiger partial charge in [0.05, 0.1) is 17.8 Å². The average Bonchev–Trinajstić information content (AvgIpc) is 2.39. The molecule has 1 rings (SSSR count). The maximum atomic E-state index is 11.6. The van der Waals surface area contributed by atoms with Gasteiger partial charge in [-0.3, -0.25) is 4.79 Å². The Morgan fingerprint density at radius 3 is 2.57 bits per heavy atom. The Labute approximate surface area is 125 Å². The Kier molecular flexibility index (Phi) is 5.79. The first kappa shape index (κ1) is 16.6. The van der Waals surface area contributed by atoms with Crippen molar-refractivity contribution in [3.63, 3.8) is 0 Å². The summed E-state index contributed by atoms with van der Waals surface area (Å²) in [7, 11) is 1.30. The number of hydrogen-bond acceptors (Lipinski definition) is 4. The molecule has 0 aliphatic heterocycles. The van der Waals surface area contributed by atoms with E-state index < -0.39 is 17.9 Å².